The number of hydrogen-bond donors (Lipinski definition) is 2. The normalized spacial score (nSPS) is 10.6. The molecule has 0 spiro atoms. The highest BCUT2D eigenvalue weighted by atomic mass is 35.5. The Bertz CT molecular complexity index is 845. The third-order valence-corrected chi connectivity index (χ3v) is 3.89. The van der Waals surface area contributed by atoms with E-state index in [4.69, 9.17) is 27.8 Å². The highest BCUT2D eigenvalue weighted by molar-refractivity contribution is 6.32. The van der Waals surface area contributed by atoms with E-state index in [0.29, 0.717) is 28.9 Å². The number of halogens is 1. The van der Waals surface area contributed by atoms with Crippen LogP contribution < -0.4 is 16.2 Å². The second-order valence-electron chi connectivity index (χ2n) is 5.35. The zero-order chi connectivity index (χ0) is 17.1. The number of benzene rings is 2. The fourth-order valence-corrected chi connectivity index (χ4v) is 2.72. The Balaban J connectivity index is 1.85. The van der Waals surface area contributed by atoms with E-state index in [2.05, 4.69) is 9.97 Å². The van der Waals surface area contributed by atoms with Crippen molar-refractivity contribution >= 4 is 23.4 Å². The number of anilines is 2. The van der Waals surface area contributed by atoms with Crippen LogP contribution in [0.5, 0.6) is 5.75 Å². The van der Waals surface area contributed by atoms with Gasteiger partial charge >= 0.3 is 0 Å². The summed E-state index contributed by atoms with van der Waals surface area (Å²) in [4.78, 5) is 8.16. The molecule has 0 saturated heterocycles. The van der Waals surface area contributed by atoms with Crippen molar-refractivity contribution in [3.05, 3.63) is 64.8 Å². The molecule has 4 N–H and O–H groups in total. The zero-order valence-electron chi connectivity index (χ0n) is 13.2. The molecule has 0 amide bonds. The van der Waals surface area contributed by atoms with Crippen molar-refractivity contribution in [2.45, 2.75) is 13.5 Å². The lowest BCUT2D eigenvalue weighted by molar-refractivity contribution is 0.306. The Morgan fingerprint density at radius 2 is 1.79 bits per heavy atom. The molecule has 5 nitrogen and oxygen atoms in total. The Morgan fingerprint density at radius 1 is 1.04 bits per heavy atom. The van der Waals surface area contributed by atoms with Gasteiger partial charge in [0.15, 0.2) is 0 Å². The second-order valence-corrected chi connectivity index (χ2v) is 5.75. The molecule has 0 aliphatic heterocycles. The summed E-state index contributed by atoms with van der Waals surface area (Å²) in [6.07, 6.45) is 0. The summed E-state index contributed by atoms with van der Waals surface area (Å²) in [5.41, 5.74) is 14.9. The van der Waals surface area contributed by atoms with Crippen molar-refractivity contribution in [3.8, 4) is 16.9 Å². The Morgan fingerprint density at radius 3 is 2.46 bits per heavy atom. The quantitative estimate of drug-likeness (QED) is 0.753. The third-order valence-electron chi connectivity index (χ3n) is 3.59. The number of ether oxygens (including phenoxy) is 1. The molecule has 3 rings (SSSR count). The van der Waals surface area contributed by atoms with E-state index in [1.807, 2.05) is 49.4 Å². The minimum absolute atomic E-state index is 0.155. The van der Waals surface area contributed by atoms with Gasteiger partial charge in [0.2, 0.25) is 5.95 Å². The molecular weight excluding hydrogens is 324 g/mol. The van der Waals surface area contributed by atoms with Crippen molar-refractivity contribution in [1.82, 2.24) is 9.97 Å². The smallest absolute Gasteiger partial charge is 0.222 e. The number of aromatic nitrogens is 2. The van der Waals surface area contributed by atoms with Crippen LogP contribution in [0.3, 0.4) is 0 Å². The van der Waals surface area contributed by atoms with Crippen molar-refractivity contribution < 1.29 is 4.74 Å². The number of aryl methyl sites for hydroxylation is 1. The molecule has 0 aliphatic carbocycles. The largest absolute Gasteiger partial charge is 0.487 e. The van der Waals surface area contributed by atoms with Crippen LogP contribution in [0.2, 0.25) is 5.02 Å². The molecule has 3 aromatic rings. The van der Waals surface area contributed by atoms with E-state index >= 15 is 0 Å². The molecule has 2 aromatic carbocycles. The first-order valence-electron chi connectivity index (χ1n) is 7.41. The topological polar surface area (TPSA) is 87.0 Å². The van der Waals surface area contributed by atoms with Gasteiger partial charge in [-0.05, 0) is 30.2 Å². The van der Waals surface area contributed by atoms with Crippen LogP contribution in [-0.4, -0.2) is 9.97 Å². The SMILES string of the molecule is Cc1nc(N)nc(N)c1-c1ccc(OCc2ccccc2)c(Cl)c1. The summed E-state index contributed by atoms with van der Waals surface area (Å²) in [5.74, 6) is 1.09. The second kappa shape index (κ2) is 6.76. The third kappa shape index (κ3) is 3.41. The fourth-order valence-electron chi connectivity index (χ4n) is 2.48. The molecule has 6 heteroatoms. The number of nitrogen functional groups attached to an aromatic ring is 2. The van der Waals surface area contributed by atoms with Gasteiger partial charge in [-0.2, -0.15) is 4.98 Å². The summed E-state index contributed by atoms with van der Waals surface area (Å²) in [7, 11) is 0. The average Bonchev–Trinajstić information content (AvgIpc) is 2.54. The van der Waals surface area contributed by atoms with Gasteiger partial charge in [0.1, 0.15) is 18.2 Å². The van der Waals surface area contributed by atoms with Gasteiger partial charge in [-0.25, -0.2) is 4.98 Å². The van der Waals surface area contributed by atoms with Crippen molar-refractivity contribution in [2.24, 2.45) is 0 Å². The highest BCUT2D eigenvalue weighted by Gasteiger charge is 2.12. The lowest BCUT2D eigenvalue weighted by atomic mass is 10.0. The molecule has 0 saturated carbocycles. The van der Waals surface area contributed by atoms with Crippen molar-refractivity contribution in [1.29, 1.82) is 0 Å². The molecule has 24 heavy (non-hydrogen) atoms. The fraction of sp³-hybridized carbons (Fsp3) is 0.111. The van der Waals surface area contributed by atoms with Crippen LogP contribution >= 0.6 is 11.6 Å². The number of rotatable bonds is 4. The lowest BCUT2D eigenvalue weighted by Gasteiger charge is -2.12. The molecule has 0 unspecified atom stereocenters. The average molecular weight is 341 g/mol. The van der Waals surface area contributed by atoms with Gasteiger partial charge in [-0.1, -0.05) is 48.0 Å². The van der Waals surface area contributed by atoms with Gasteiger partial charge in [-0.3, -0.25) is 0 Å². The first-order valence-corrected chi connectivity index (χ1v) is 7.78. The van der Waals surface area contributed by atoms with Crippen LogP contribution in [0, 0.1) is 6.92 Å². The standard InChI is InChI=1S/C18H17ClN4O/c1-11-16(17(20)23-18(21)22-11)13-7-8-15(14(19)9-13)24-10-12-5-3-2-4-6-12/h2-9H,10H2,1H3,(H4,20,21,22,23). The van der Waals surface area contributed by atoms with E-state index in [1.165, 1.54) is 0 Å². The lowest BCUT2D eigenvalue weighted by Crippen LogP contribution is -2.04. The zero-order valence-corrected chi connectivity index (χ0v) is 13.9. The van der Waals surface area contributed by atoms with Crippen LogP contribution in [-0.2, 0) is 6.61 Å². The van der Waals surface area contributed by atoms with Crippen molar-refractivity contribution in [2.75, 3.05) is 11.5 Å². The predicted molar refractivity (Wildman–Crippen MR) is 96.8 cm³/mol. The first kappa shape index (κ1) is 16.1. The molecule has 122 valence electrons. The Kier molecular flexibility index (Phi) is 4.53. The number of nitrogens with zero attached hydrogens (tertiary/aromatic N) is 2. The van der Waals surface area contributed by atoms with E-state index in [1.54, 1.807) is 6.07 Å². The number of nitrogens with two attached hydrogens (primary N) is 2. The molecule has 0 atom stereocenters. The Labute approximate surface area is 145 Å². The summed E-state index contributed by atoms with van der Waals surface area (Å²) in [6, 6.07) is 15.4. The van der Waals surface area contributed by atoms with E-state index in [9.17, 15) is 0 Å². The van der Waals surface area contributed by atoms with Crippen molar-refractivity contribution in [3.63, 3.8) is 0 Å². The summed E-state index contributed by atoms with van der Waals surface area (Å²) < 4.78 is 5.78. The highest BCUT2D eigenvalue weighted by Crippen LogP contribution is 2.34. The van der Waals surface area contributed by atoms with Gasteiger partial charge in [0.25, 0.3) is 0 Å². The van der Waals surface area contributed by atoms with Gasteiger partial charge in [-0.15, -0.1) is 0 Å². The summed E-state index contributed by atoms with van der Waals surface area (Å²) in [6.45, 7) is 2.28. The van der Waals surface area contributed by atoms with Gasteiger partial charge < -0.3 is 16.2 Å². The van der Waals surface area contributed by atoms with E-state index in [-0.39, 0.29) is 5.95 Å². The van der Waals surface area contributed by atoms with E-state index < -0.39 is 0 Å². The summed E-state index contributed by atoms with van der Waals surface area (Å²) in [5, 5.41) is 0.499. The van der Waals surface area contributed by atoms with Crippen LogP contribution in [0.15, 0.2) is 48.5 Å². The van der Waals surface area contributed by atoms with Crippen LogP contribution in [0.1, 0.15) is 11.3 Å². The predicted octanol–water partition coefficient (Wildman–Crippen LogP) is 3.85. The molecule has 1 heterocycles. The molecule has 0 fully saturated rings. The van der Waals surface area contributed by atoms with Crippen LogP contribution in [0.4, 0.5) is 11.8 Å². The molecule has 0 aliphatic rings. The number of hydrogen-bond acceptors (Lipinski definition) is 5. The molecular formula is C18H17ClN4O. The van der Waals surface area contributed by atoms with E-state index in [0.717, 1.165) is 16.7 Å². The first-order chi connectivity index (χ1) is 11.5. The minimum Gasteiger partial charge on any atom is -0.487 e. The maximum atomic E-state index is 6.35. The summed E-state index contributed by atoms with van der Waals surface area (Å²) >= 11 is 6.35. The van der Waals surface area contributed by atoms with Gasteiger partial charge in [0.05, 0.1) is 10.7 Å². The van der Waals surface area contributed by atoms with Crippen LogP contribution in [0.25, 0.3) is 11.1 Å². The molecule has 0 bridgehead atoms. The Hall–Kier alpha value is -2.79. The minimum atomic E-state index is 0.155. The monoisotopic (exact) mass is 340 g/mol. The maximum Gasteiger partial charge on any atom is 0.222 e. The molecule has 1 aromatic heterocycles. The molecule has 0 radical (unpaired) electrons. The maximum absolute atomic E-state index is 6.35. The van der Waals surface area contributed by atoms with Gasteiger partial charge in [0, 0.05) is 5.56 Å².